The first-order chi connectivity index (χ1) is 13.7. The molecule has 1 N–H and O–H groups in total. The van der Waals surface area contributed by atoms with Crippen LogP contribution in [0.3, 0.4) is 0 Å². The fourth-order valence-electron chi connectivity index (χ4n) is 3.24. The minimum Gasteiger partial charge on any atom is -0.484 e. The van der Waals surface area contributed by atoms with Gasteiger partial charge in [0.15, 0.2) is 6.61 Å². The lowest BCUT2D eigenvalue weighted by Crippen LogP contribution is -2.37. The number of benzene rings is 2. The largest absolute Gasteiger partial charge is 0.484 e. The molecule has 0 aliphatic carbocycles. The third-order valence-corrected chi connectivity index (χ3v) is 4.51. The highest BCUT2D eigenvalue weighted by atomic mass is 19.4. The number of carbonyl (C=O) groups excluding carboxylic acids is 1. The molecule has 8 heteroatoms. The van der Waals surface area contributed by atoms with Crippen LogP contribution in [0.25, 0.3) is 0 Å². The fraction of sp³-hybridized carbons (Fsp3) is 0.381. The van der Waals surface area contributed by atoms with Gasteiger partial charge in [-0.25, -0.2) is 0 Å². The number of nitrogens with zero attached hydrogens (tertiary/aromatic N) is 1. The van der Waals surface area contributed by atoms with Crippen LogP contribution < -0.4 is 15.0 Å². The highest BCUT2D eigenvalue weighted by molar-refractivity contribution is 5.95. The number of alkyl halides is 3. The van der Waals surface area contributed by atoms with Crippen LogP contribution in [0.1, 0.15) is 16.7 Å². The predicted octanol–water partition coefficient (Wildman–Crippen LogP) is 4.18. The lowest BCUT2D eigenvalue weighted by atomic mass is 10.1. The molecule has 1 aliphatic heterocycles. The van der Waals surface area contributed by atoms with Gasteiger partial charge in [-0.2, -0.15) is 13.2 Å². The third-order valence-electron chi connectivity index (χ3n) is 4.51. The first-order valence-corrected chi connectivity index (χ1v) is 9.27. The minimum atomic E-state index is -4.50. The maximum Gasteiger partial charge on any atom is 0.416 e. The summed E-state index contributed by atoms with van der Waals surface area (Å²) in [4.78, 5) is 14.3. The Morgan fingerprint density at radius 3 is 2.38 bits per heavy atom. The van der Waals surface area contributed by atoms with E-state index in [9.17, 15) is 18.0 Å². The van der Waals surface area contributed by atoms with Crippen molar-refractivity contribution in [1.29, 1.82) is 0 Å². The first kappa shape index (κ1) is 21.0. The number of nitrogens with one attached hydrogen (secondary N) is 1. The van der Waals surface area contributed by atoms with E-state index in [1.54, 1.807) is 12.1 Å². The highest BCUT2D eigenvalue weighted by Crippen LogP contribution is 2.35. The molecule has 0 radical (unpaired) electrons. The molecule has 29 heavy (non-hydrogen) atoms. The second kappa shape index (κ2) is 8.73. The van der Waals surface area contributed by atoms with Gasteiger partial charge < -0.3 is 19.7 Å². The van der Waals surface area contributed by atoms with E-state index >= 15 is 0 Å². The maximum absolute atomic E-state index is 13.2. The summed E-state index contributed by atoms with van der Waals surface area (Å²) in [5.74, 6) is 0.00749. The molecule has 1 heterocycles. The number of amides is 1. The molecule has 0 aromatic heterocycles. The van der Waals surface area contributed by atoms with E-state index in [1.807, 2.05) is 24.8 Å². The first-order valence-electron chi connectivity index (χ1n) is 9.27. The molecule has 3 rings (SSSR count). The van der Waals surface area contributed by atoms with Crippen LogP contribution in [0.15, 0.2) is 36.4 Å². The zero-order valence-corrected chi connectivity index (χ0v) is 16.3. The summed E-state index contributed by atoms with van der Waals surface area (Å²) in [5.41, 5.74) is 1.80. The second-order valence-corrected chi connectivity index (χ2v) is 6.99. The smallest absolute Gasteiger partial charge is 0.416 e. The number of anilines is 2. The van der Waals surface area contributed by atoms with Gasteiger partial charge in [0.2, 0.25) is 0 Å². The van der Waals surface area contributed by atoms with Gasteiger partial charge in [-0.05, 0) is 55.3 Å². The lowest BCUT2D eigenvalue weighted by Gasteiger charge is -2.31. The molecule has 1 aliphatic rings. The zero-order valence-electron chi connectivity index (χ0n) is 16.3. The quantitative estimate of drug-likeness (QED) is 0.807. The monoisotopic (exact) mass is 408 g/mol. The Bertz CT molecular complexity index is 858. The van der Waals surface area contributed by atoms with Crippen molar-refractivity contribution in [2.75, 3.05) is 43.1 Å². The standard InChI is InChI=1S/C21H23F3N2O3/c1-14-9-15(2)11-17(10-14)29-13-20(27)25-18-12-16(21(22,23)24)3-4-19(18)26-5-7-28-8-6-26/h3-4,9-12H,5-8,13H2,1-2H3,(H,25,27). The third kappa shape index (κ3) is 5.63. The van der Waals surface area contributed by atoms with Crippen molar-refractivity contribution in [2.24, 2.45) is 0 Å². The molecule has 0 atom stereocenters. The van der Waals surface area contributed by atoms with Crippen LogP contribution in [-0.2, 0) is 15.7 Å². The number of ether oxygens (including phenoxy) is 2. The summed E-state index contributed by atoms with van der Waals surface area (Å²) in [6.07, 6.45) is -4.50. The summed E-state index contributed by atoms with van der Waals surface area (Å²) in [6, 6.07) is 8.93. The molecule has 2 aromatic carbocycles. The van der Waals surface area contributed by atoms with Crippen molar-refractivity contribution in [1.82, 2.24) is 0 Å². The lowest BCUT2D eigenvalue weighted by molar-refractivity contribution is -0.137. The number of hydrogen-bond donors (Lipinski definition) is 1. The molecule has 0 saturated carbocycles. The maximum atomic E-state index is 13.2. The summed E-state index contributed by atoms with van der Waals surface area (Å²) in [6.45, 7) is 5.55. The molecule has 0 unspecified atom stereocenters. The molecule has 1 fully saturated rings. The molecular formula is C21H23F3N2O3. The molecule has 5 nitrogen and oxygen atoms in total. The van der Waals surface area contributed by atoms with Crippen LogP contribution in [-0.4, -0.2) is 38.8 Å². The van der Waals surface area contributed by atoms with E-state index in [2.05, 4.69) is 5.32 Å². The molecule has 0 bridgehead atoms. The Balaban J connectivity index is 1.76. The summed E-state index contributed by atoms with van der Waals surface area (Å²) in [7, 11) is 0. The Morgan fingerprint density at radius 2 is 1.76 bits per heavy atom. The molecule has 1 saturated heterocycles. The number of carbonyl (C=O) groups is 1. The van der Waals surface area contributed by atoms with Gasteiger partial charge in [-0.1, -0.05) is 6.07 Å². The van der Waals surface area contributed by atoms with E-state index in [0.717, 1.165) is 23.3 Å². The van der Waals surface area contributed by atoms with E-state index < -0.39 is 17.6 Å². The average Bonchev–Trinajstić information content (AvgIpc) is 2.65. The van der Waals surface area contributed by atoms with Crippen LogP contribution in [0.2, 0.25) is 0 Å². The zero-order chi connectivity index (χ0) is 21.0. The number of halogens is 3. The van der Waals surface area contributed by atoms with Gasteiger partial charge in [0, 0.05) is 13.1 Å². The summed E-state index contributed by atoms with van der Waals surface area (Å²) >= 11 is 0. The Labute approximate surface area is 167 Å². The number of morpholine rings is 1. The van der Waals surface area contributed by atoms with Gasteiger partial charge >= 0.3 is 6.18 Å². The van der Waals surface area contributed by atoms with E-state index in [4.69, 9.17) is 9.47 Å². The van der Waals surface area contributed by atoms with Gasteiger partial charge in [-0.3, -0.25) is 4.79 Å². The van der Waals surface area contributed by atoms with Crippen LogP contribution >= 0.6 is 0 Å². The predicted molar refractivity (Wildman–Crippen MR) is 105 cm³/mol. The molecule has 156 valence electrons. The van der Waals surface area contributed by atoms with Crippen molar-refractivity contribution < 1.29 is 27.4 Å². The highest BCUT2D eigenvalue weighted by Gasteiger charge is 2.32. The van der Waals surface area contributed by atoms with E-state index in [0.29, 0.717) is 37.7 Å². The van der Waals surface area contributed by atoms with Gasteiger partial charge in [0.1, 0.15) is 5.75 Å². The number of rotatable bonds is 5. The van der Waals surface area contributed by atoms with Gasteiger partial charge in [0.25, 0.3) is 5.91 Å². The van der Waals surface area contributed by atoms with Crippen molar-refractivity contribution in [3.8, 4) is 5.75 Å². The summed E-state index contributed by atoms with van der Waals surface area (Å²) in [5, 5.41) is 2.57. The summed E-state index contributed by atoms with van der Waals surface area (Å²) < 4.78 is 50.3. The van der Waals surface area contributed by atoms with Crippen molar-refractivity contribution in [2.45, 2.75) is 20.0 Å². The van der Waals surface area contributed by atoms with Gasteiger partial charge in [0.05, 0.1) is 30.2 Å². The number of hydrogen-bond acceptors (Lipinski definition) is 4. The average molecular weight is 408 g/mol. The van der Waals surface area contributed by atoms with Crippen LogP contribution in [0.4, 0.5) is 24.5 Å². The number of aryl methyl sites for hydroxylation is 2. The molecule has 2 aromatic rings. The van der Waals surface area contributed by atoms with Gasteiger partial charge in [-0.15, -0.1) is 0 Å². The van der Waals surface area contributed by atoms with Crippen molar-refractivity contribution >= 4 is 17.3 Å². The van der Waals surface area contributed by atoms with Crippen LogP contribution in [0.5, 0.6) is 5.75 Å². The van der Waals surface area contributed by atoms with Crippen molar-refractivity contribution in [3.63, 3.8) is 0 Å². The SMILES string of the molecule is Cc1cc(C)cc(OCC(=O)Nc2cc(C(F)(F)F)ccc2N2CCOCC2)c1. The fourth-order valence-corrected chi connectivity index (χ4v) is 3.24. The van der Waals surface area contributed by atoms with E-state index in [1.165, 1.54) is 6.07 Å². The molecular weight excluding hydrogens is 385 g/mol. The Kier molecular flexibility index (Phi) is 6.32. The second-order valence-electron chi connectivity index (χ2n) is 6.99. The normalized spacial score (nSPS) is 14.6. The molecule has 1 amide bonds. The van der Waals surface area contributed by atoms with Crippen LogP contribution in [0, 0.1) is 13.8 Å². The van der Waals surface area contributed by atoms with Crippen molar-refractivity contribution in [3.05, 3.63) is 53.1 Å². The topological polar surface area (TPSA) is 50.8 Å². The molecule has 0 spiro atoms. The minimum absolute atomic E-state index is 0.107. The Morgan fingerprint density at radius 1 is 1.10 bits per heavy atom. The Hall–Kier alpha value is -2.74. The van der Waals surface area contributed by atoms with E-state index in [-0.39, 0.29) is 12.3 Å².